The molecule has 1 amide bonds. The number of halogens is 1. The number of fused-ring (bicyclic) bond motifs is 1. The fourth-order valence-electron chi connectivity index (χ4n) is 2.13. The molecule has 2 aliphatic rings. The summed E-state index contributed by atoms with van der Waals surface area (Å²) in [6.07, 6.45) is 2.80. The van der Waals surface area contributed by atoms with Crippen molar-refractivity contribution >= 4 is 17.5 Å². The molecule has 19 heavy (non-hydrogen) atoms. The molecule has 1 saturated carbocycles. The first-order chi connectivity index (χ1) is 9.24. The van der Waals surface area contributed by atoms with Crippen molar-refractivity contribution in [3.8, 4) is 11.5 Å². The van der Waals surface area contributed by atoms with Crippen LogP contribution in [0.15, 0.2) is 12.1 Å². The van der Waals surface area contributed by atoms with E-state index in [0.717, 1.165) is 24.8 Å². The van der Waals surface area contributed by atoms with Gasteiger partial charge in [-0.05, 0) is 37.0 Å². The van der Waals surface area contributed by atoms with Crippen LogP contribution in [0.5, 0.6) is 11.5 Å². The van der Waals surface area contributed by atoms with Crippen molar-refractivity contribution in [3.63, 3.8) is 0 Å². The van der Waals surface area contributed by atoms with E-state index in [4.69, 9.17) is 21.1 Å². The highest BCUT2D eigenvalue weighted by molar-refractivity contribution is 6.32. The third-order valence-electron chi connectivity index (χ3n) is 3.32. The molecule has 0 radical (unpaired) electrons. The lowest BCUT2D eigenvalue weighted by Crippen LogP contribution is -2.27. The zero-order chi connectivity index (χ0) is 13.2. The Morgan fingerprint density at radius 3 is 2.89 bits per heavy atom. The molecule has 0 unspecified atom stereocenters. The van der Waals surface area contributed by atoms with Crippen LogP contribution in [-0.2, 0) is 11.2 Å². The predicted octanol–water partition coefficient (Wildman–Crippen LogP) is 2.18. The van der Waals surface area contributed by atoms with Crippen molar-refractivity contribution in [2.24, 2.45) is 5.92 Å². The fourth-order valence-corrected chi connectivity index (χ4v) is 2.42. The van der Waals surface area contributed by atoms with Crippen LogP contribution in [0.1, 0.15) is 18.4 Å². The molecule has 1 heterocycles. The van der Waals surface area contributed by atoms with Crippen molar-refractivity contribution in [1.29, 1.82) is 0 Å². The number of nitrogens with one attached hydrogen (secondary N) is 1. The van der Waals surface area contributed by atoms with E-state index in [9.17, 15) is 4.79 Å². The second-order valence-corrected chi connectivity index (χ2v) is 5.32. The molecule has 1 aliphatic carbocycles. The third kappa shape index (κ3) is 2.95. The van der Waals surface area contributed by atoms with Crippen LogP contribution in [0.2, 0.25) is 5.02 Å². The van der Waals surface area contributed by atoms with Crippen LogP contribution in [0, 0.1) is 5.92 Å². The molecule has 3 rings (SSSR count). The Bertz CT molecular complexity index is 500. The normalized spacial score (nSPS) is 17.1. The molecule has 1 aliphatic heterocycles. The van der Waals surface area contributed by atoms with Gasteiger partial charge in [-0.3, -0.25) is 4.79 Å². The summed E-state index contributed by atoms with van der Waals surface area (Å²) in [6, 6.07) is 3.81. The van der Waals surface area contributed by atoms with E-state index in [1.165, 1.54) is 0 Å². The average molecular weight is 282 g/mol. The van der Waals surface area contributed by atoms with Gasteiger partial charge in [-0.15, -0.1) is 0 Å². The molecular formula is C14H16ClNO3. The molecule has 1 aromatic carbocycles. The van der Waals surface area contributed by atoms with Crippen molar-refractivity contribution in [2.45, 2.75) is 19.3 Å². The SMILES string of the molecule is O=C(NCCc1cc(Cl)c2c(c1)OCCO2)C1CC1. The van der Waals surface area contributed by atoms with E-state index in [1.54, 1.807) is 0 Å². The molecule has 0 saturated heterocycles. The first-order valence-electron chi connectivity index (χ1n) is 6.60. The van der Waals surface area contributed by atoms with Crippen molar-refractivity contribution in [1.82, 2.24) is 5.32 Å². The maximum absolute atomic E-state index is 11.5. The number of benzene rings is 1. The van der Waals surface area contributed by atoms with Gasteiger partial charge in [-0.25, -0.2) is 0 Å². The summed E-state index contributed by atoms with van der Waals surface area (Å²) in [6.45, 7) is 1.71. The van der Waals surface area contributed by atoms with E-state index < -0.39 is 0 Å². The van der Waals surface area contributed by atoms with Gasteiger partial charge in [-0.2, -0.15) is 0 Å². The number of carbonyl (C=O) groups excluding carboxylic acids is 1. The molecule has 102 valence electrons. The Morgan fingerprint density at radius 2 is 2.11 bits per heavy atom. The summed E-state index contributed by atoms with van der Waals surface area (Å²) < 4.78 is 11.0. The van der Waals surface area contributed by atoms with Gasteiger partial charge in [-0.1, -0.05) is 11.6 Å². The highest BCUT2D eigenvalue weighted by Crippen LogP contribution is 2.38. The molecule has 0 spiro atoms. The predicted molar refractivity (Wildman–Crippen MR) is 71.9 cm³/mol. The lowest BCUT2D eigenvalue weighted by Gasteiger charge is -2.20. The van der Waals surface area contributed by atoms with Crippen LogP contribution in [0.4, 0.5) is 0 Å². The number of carbonyl (C=O) groups is 1. The molecule has 1 N–H and O–H groups in total. The van der Waals surface area contributed by atoms with Gasteiger partial charge in [0.15, 0.2) is 11.5 Å². The van der Waals surface area contributed by atoms with Crippen molar-refractivity contribution in [2.75, 3.05) is 19.8 Å². The molecule has 4 nitrogen and oxygen atoms in total. The Morgan fingerprint density at radius 1 is 1.32 bits per heavy atom. The third-order valence-corrected chi connectivity index (χ3v) is 3.60. The van der Waals surface area contributed by atoms with E-state index in [2.05, 4.69) is 5.32 Å². The maximum atomic E-state index is 11.5. The van der Waals surface area contributed by atoms with Gasteiger partial charge < -0.3 is 14.8 Å². The number of hydrogen-bond acceptors (Lipinski definition) is 3. The minimum Gasteiger partial charge on any atom is -0.486 e. The van der Waals surface area contributed by atoms with E-state index in [1.807, 2.05) is 12.1 Å². The van der Waals surface area contributed by atoms with Gasteiger partial charge in [0.05, 0.1) is 5.02 Å². The van der Waals surface area contributed by atoms with Crippen LogP contribution in [0.3, 0.4) is 0 Å². The average Bonchev–Trinajstić information content (AvgIpc) is 3.23. The summed E-state index contributed by atoms with van der Waals surface area (Å²) >= 11 is 6.16. The summed E-state index contributed by atoms with van der Waals surface area (Å²) in [7, 11) is 0. The monoisotopic (exact) mass is 281 g/mol. The number of hydrogen-bond donors (Lipinski definition) is 1. The summed E-state index contributed by atoms with van der Waals surface area (Å²) in [5, 5.41) is 3.51. The van der Waals surface area contributed by atoms with Gasteiger partial charge in [0, 0.05) is 12.5 Å². The van der Waals surface area contributed by atoms with Crippen LogP contribution in [0.25, 0.3) is 0 Å². The lowest BCUT2D eigenvalue weighted by atomic mass is 10.1. The van der Waals surface area contributed by atoms with Crippen LogP contribution < -0.4 is 14.8 Å². The smallest absolute Gasteiger partial charge is 0.223 e. The number of amides is 1. The maximum Gasteiger partial charge on any atom is 0.223 e. The summed E-state index contributed by atoms with van der Waals surface area (Å²) in [5.74, 6) is 1.74. The molecule has 0 bridgehead atoms. The second-order valence-electron chi connectivity index (χ2n) is 4.92. The molecular weight excluding hydrogens is 266 g/mol. The van der Waals surface area contributed by atoms with Gasteiger partial charge in [0.25, 0.3) is 0 Å². The Balaban J connectivity index is 1.61. The lowest BCUT2D eigenvalue weighted by molar-refractivity contribution is -0.122. The Labute approximate surface area is 117 Å². The second kappa shape index (κ2) is 5.29. The molecule has 0 aromatic heterocycles. The zero-order valence-corrected chi connectivity index (χ0v) is 11.3. The van der Waals surface area contributed by atoms with E-state index in [-0.39, 0.29) is 11.8 Å². The minimum absolute atomic E-state index is 0.170. The van der Waals surface area contributed by atoms with Crippen LogP contribution >= 0.6 is 11.6 Å². The number of ether oxygens (including phenoxy) is 2. The van der Waals surface area contributed by atoms with Gasteiger partial charge in [0.2, 0.25) is 5.91 Å². The first-order valence-corrected chi connectivity index (χ1v) is 6.97. The van der Waals surface area contributed by atoms with Gasteiger partial charge in [0.1, 0.15) is 13.2 Å². The van der Waals surface area contributed by atoms with E-state index in [0.29, 0.717) is 36.3 Å². The number of rotatable bonds is 4. The summed E-state index contributed by atoms with van der Waals surface area (Å²) in [5.41, 5.74) is 1.05. The molecule has 1 fully saturated rings. The van der Waals surface area contributed by atoms with Crippen LogP contribution in [-0.4, -0.2) is 25.7 Å². The van der Waals surface area contributed by atoms with Crippen molar-refractivity contribution in [3.05, 3.63) is 22.7 Å². The minimum atomic E-state index is 0.170. The highest BCUT2D eigenvalue weighted by Gasteiger charge is 2.29. The zero-order valence-electron chi connectivity index (χ0n) is 10.6. The van der Waals surface area contributed by atoms with Gasteiger partial charge >= 0.3 is 0 Å². The summed E-state index contributed by atoms with van der Waals surface area (Å²) in [4.78, 5) is 11.5. The molecule has 0 atom stereocenters. The Kier molecular flexibility index (Phi) is 3.51. The Hall–Kier alpha value is -1.42. The fraction of sp³-hybridized carbons (Fsp3) is 0.500. The van der Waals surface area contributed by atoms with Crippen molar-refractivity contribution < 1.29 is 14.3 Å². The highest BCUT2D eigenvalue weighted by atomic mass is 35.5. The largest absolute Gasteiger partial charge is 0.486 e. The molecule has 5 heteroatoms. The first kappa shape index (κ1) is 12.6. The standard InChI is InChI=1S/C14H16ClNO3/c15-11-7-9(3-4-16-14(17)10-1-2-10)8-12-13(11)19-6-5-18-12/h7-8,10H,1-6H2,(H,16,17). The quantitative estimate of drug-likeness (QED) is 0.920. The van der Waals surface area contributed by atoms with E-state index >= 15 is 0 Å². The topological polar surface area (TPSA) is 47.6 Å². The molecule has 1 aromatic rings.